The fourth-order valence-electron chi connectivity index (χ4n) is 2.03. The van der Waals surface area contributed by atoms with E-state index in [-0.39, 0.29) is 5.43 Å². The quantitative estimate of drug-likeness (QED) is 0.645. The molecule has 19 heavy (non-hydrogen) atoms. The molecule has 0 atom stereocenters. The average molecular weight is 291 g/mol. The Morgan fingerprint density at radius 3 is 2.68 bits per heavy atom. The Kier molecular flexibility index (Phi) is 2.96. The number of thiophene rings is 1. The van der Waals surface area contributed by atoms with Gasteiger partial charge in [-0.25, -0.2) is 0 Å². The Labute approximate surface area is 119 Å². The van der Waals surface area contributed by atoms with Crippen molar-refractivity contribution in [3.05, 3.63) is 55.5 Å². The van der Waals surface area contributed by atoms with E-state index in [1.54, 1.807) is 23.5 Å². The normalized spacial score (nSPS) is 11.1. The van der Waals surface area contributed by atoms with Crippen molar-refractivity contribution in [2.45, 2.75) is 13.8 Å². The first kappa shape index (κ1) is 12.5. The van der Waals surface area contributed by atoms with Crippen LogP contribution in [0.1, 0.15) is 10.4 Å². The largest absolute Gasteiger partial charge is 0.463 e. The van der Waals surface area contributed by atoms with E-state index in [0.717, 1.165) is 16.0 Å². The molecule has 0 N–H and O–H groups in total. The van der Waals surface area contributed by atoms with Crippen LogP contribution in [0.25, 0.3) is 22.1 Å². The monoisotopic (exact) mass is 290 g/mol. The van der Waals surface area contributed by atoms with E-state index < -0.39 is 0 Å². The number of hydrogen-bond acceptors (Lipinski definition) is 3. The topological polar surface area (TPSA) is 30.2 Å². The van der Waals surface area contributed by atoms with E-state index in [0.29, 0.717) is 21.6 Å². The maximum absolute atomic E-state index is 12.5. The smallest absolute Gasteiger partial charge is 0.200 e. The molecule has 0 amide bonds. The Morgan fingerprint density at radius 1 is 1.21 bits per heavy atom. The second-order valence-electron chi connectivity index (χ2n) is 4.52. The van der Waals surface area contributed by atoms with E-state index >= 15 is 0 Å². The van der Waals surface area contributed by atoms with Crippen molar-refractivity contribution < 1.29 is 4.42 Å². The molecule has 0 aliphatic carbocycles. The summed E-state index contributed by atoms with van der Waals surface area (Å²) in [6.07, 6.45) is 1.53. The predicted molar refractivity (Wildman–Crippen MR) is 80.3 cm³/mol. The highest BCUT2D eigenvalue weighted by Gasteiger charge is 2.11. The lowest BCUT2D eigenvalue weighted by Gasteiger charge is -2.03. The van der Waals surface area contributed by atoms with Crippen LogP contribution in [0.4, 0.5) is 0 Å². The van der Waals surface area contributed by atoms with Crippen LogP contribution in [0.15, 0.2) is 39.1 Å². The highest BCUT2D eigenvalue weighted by atomic mass is 35.5. The molecule has 0 aliphatic rings. The molecule has 3 aromatic rings. The molecule has 0 bridgehead atoms. The molecule has 4 heteroatoms. The van der Waals surface area contributed by atoms with Gasteiger partial charge in [0.05, 0.1) is 10.9 Å². The van der Waals surface area contributed by atoms with Crippen molar-refractivity contribution in [3.8, 4) is 11.1 Å². The molecule has 2 nitrogen and oxygen atoms in total. The number of halogens is 1. The molecule has 2 heterocycles. The molecule has 0 spiro atoms. The lowest BCUT2D eigenvalue weighted by molar-refractivity contribution is 0.604. The highest BCUT2D eigenvalue weighted by Crippen LogP contribution is 2.27. The Morgan fingerprint density at radius 2 is 2.00 bits per heavy atom. The van der Waals surface area contributed by atoms with Gasteiger partial charge in [-0.05, 0) is 48.6 Å². The van der Waals surface area contributed by atoms with Gasteiger partial charge in [0.2, 0.25) is 5.43 Å². The van der Waals surface area contributed by atoms with Crippen molar-refractivity contribution in [1.29, 1.82) is 0 Å². The van der Waals surface area contributed by atoms with Crippen LogP contribution < -0.4 is 5.43 Å². The number of benzene rings is 1. The van der Waals surface area contributed by atoms with Crippen LogP contribution in [0.5, 0.6) is 0 Å². The Hall–Kier alpha value is -1.58. The number of aryl methyl sites for hydroxylation is 2. The summed E-state index contributed by atoms with van der Waals surface area (Å²) in [5, 5.41) is 3.07. The van der Waals surface area contributed by atoms with Crippen molar-refractivity contribution in [2.75, 3.05) is 0 Å². The predicted octanol–water partition coefficient (Wildman–Crippen LogP) is 4.79. The SMILES string of the molecule is Cc1cc(-c2coc3cc(C)c(Cl)cc3c2=O)cs1. The van der Waals surface area contributed by atoms with Crippen molar-refractivity contribution >= 4 is 33.9 Å². The van der Waals surface area contributed by atoms with Crippen LogP contribution in [0, 0.1) is 13.8 Å². The van der Waals surface area contributed by atoms with Gasteiger partial charge in [-0.15, -0.1) is 11.3 Å². The lowest BCUT2D eigenvalue weighted by Crippen LogP contribution is -2.04. The highest BCUT2D eigenvalue weighted by molar-refractivity contribution is 7.10. The van der Waals surface area contributed by atoms with Gasteiger partial charge in [0.1, 0.15) is 11.8 Å². The lowest BCUT2D eigenvalue weighted by atomic mass is 10.1. The first-order valence-electron chi connectivity index (χ1n) is 5.83. The molecule has 0 saturated carbocycles. The molecule has 0 saturated heterocycles. The van der Waals surface area contributed by atoms with Gasteiger partial charge in [-0.3, -0.25) is 4.79 Å². The zero-order valence-electron chi connectivity index (χ0n) is 10.5. The molecule has 0 radical (unpaired) electrons. The number of rotatable bonds is 1. The summed E-state index contributed by atoms with van der Waals surface area (Å²) in [5.74, 6) is 0. The summed E-state index contributed by atoms with van der Waals surface area (Å²) in [5.41, 5.74) is 2.91. The summed E-state index contributed by atoms with van der Waals surface area (Å²) in [6, 6.07) is 5.46. The summed E-state index contributed by atoms with van der Waals surface area (Å²) in [4.78, 5) is 13.7. The Bertz CT molecular complexity index is 830. The van der Waals surface area contributed by atoms with Gasteiger partial charge in [0, 0.05) is 9.90 Å². The van der Waals surface area contributed by atoms with Crippen LogP contribution >= 0.6 is 22.9 Å². The van der Waals surface area contributed by atoms with Gasteiger partial charge < -0.3 is 4.42 Å². The molecule has 3 rings (SSSR count). The van der Waals surface area contributed by atoms with Crippen molar-refractivity contribution in [3.63, 3.8) is 0 Å². The Balaban J connectivity index is 2.32. The summed E-state index contributed by atoms with van der Waals surface area (Å²) >= 11 is 7.70. The van der Waals surface area contributed by atoms with Gasteiger partial charge >= 0.3 is 0 Å². The standard InChI is InChI=1S/C15H11ClO2S/c1-8-3-14-11(5-13(8)16)15(17)12(6-18-14)10-4-9(2)19-7-10/h3-7H,1-2H3. The van der Waals surface area contributed by atoms with Gasteiger partial charge in [0.15, 0.2) is 0 Å². The van der Waals surface area contributed by atoms with Crippen LogP contribution in [0.3, 0.4) is 0 Å². The maximum atomic E-state index is 12.5. The molecule has 0 unspecified atom stereocenters. The van der Waals surface area contributed by atoms with Gasteiger partial charge in [-0.1, -0.05) is 11.6 Å². The third-order valence-electron chi connectivity index (χ3n) is 3.10. The van der Waals surface area contributed by atoms with Gasteiger partial charge in [0.25, 0.3) is 0 Å². The third kappa shape index (κ3) is 2.09. The minimum Gasteiger partial charge on any atom is -0.463 e. The molecule has 0 fully saturated rings. The number of fused-ring (bicyclic) bond motifs is 1. The zero-order valence-corrected chi connectivity index (χ0v) is 12.1. The first-order chi connectivity index (χ1) is 9.06. The minimum absolute atomic E-state index is 0.0408. The minimum atomic E-state index is -0.0408. The second-order valence-corrected chi connectivity index (χ2v) is 6.04. The van der Waals surface area contributed by atoms with E-state index in [1.165, 1.54) is 6.26 Å². The van der Waals surface area contributed by atoms with Crippen molar-refractivity contribution in [1.82, 2.24) is 0 Å². The summed E-state index contributed by atoms with van der Waals surface area (Å²) in [6.45, 7) is 3.90. The zero-order chi connectivity index (χ0) is 13.6. The molecular formula is C15H11ClO2S. The first-order valence-corrected chi connectivity index (χ1v) is 7.09. The average Bonchev–Trinajstić information content (AvgIpc) is 2.79. The molecule has 0 aliphatic heterocycles. The van der Waals surface area contributed by atoms with E-state index in [2.05, 4.69) is 0 Å². The molecule has 1 aromatic carbocycles. The van der Waals surface area contributed by atoms with Crippen LogP contribution in [-0.4, -0.2) is 0 Å². The van der Waals surface area contributed by atoms with Gasteiger partial charge in [-0.2, -0.15) is 0 Å². The summed E-state index contributed by atoms with van der Waals surface area (Å²) in [7, 11) is 0. The second kappa shape index (κ2) is 4.51. The maximum Gasteiger partial charge on any atom is 0.200 e. The number of hydrogen-bond donors (Lipinski definition) is 0. The van der Waals surface area contributed by atoms with Crippen LogP contribution in [-0.2, 0) is 0 Å². The molecular weight excluding hydrogens is 280 g/mol. The van der Waals surface area contributed by atoms with E-state index in [4.69, 9.17) is 16.0 Å². The fourth-order valence-corrected chi connectivity index (χ4v) is 2.90. The fraction of sp³-hybridized carbons (Fsp3) is 0.133. The third-order valence-corrected chi connectivity index (χ3v) is 4.36. The van der Waals surface area contributed by atoms with Crippen molar-refractivity contribution in [2.24, 2.45) is 0 Å². The molecule has 96 valence electrons. The molecule has 2 aromatic heterocycles. The van der Waals surface area contributed by atoms with E-state index in [1.807, 2.05) is 25.3 Å². The van der Waals surface area contributed by atoms with E-state index in [9.17, 15) is 4.79 Å². The van der Waals surface area contributed by atoms with Crippen LogP contribution in [0.2, 0.25) is 5.02 Å². The summed E-state index contributed by atoms with van der Waals surface area (Å²) < 4.78 is 5.57.